The van der Waals surface area contributed by atoms with Crippen molar-refractivity contribution in [1.29, 1.82) is 0 Å². The van der Waals surface area contributed by atoms with E-state index in [0.29, 0.717) is 27.7 Å². The molecule has 0 saturated heterocycles. The van der Waals surface area contributed by atoms with Gasteiger partial charge >= 0.3 is 0 Å². The highest BCUT2D eigenvalue weighted by Gasteiger charge is 2.22. The number of benzene rings is 4. The maximum absolute atomic E-state index is 13.3. The van der Waals surface area contributed by atoms with Crippen LogP contribution in [0.4, 0.5) is 11.4 Å². The number of amides is 2. The molecule has 0 heterocycles. The molecule has 176 valence electrons. The van der Waals surface area contributed by atoms with Crippen LogP contribution in [0.25, 0.3) is 0 Å². The predicted molar refractivity (Wildman–Crippen MR) is 143 cm³/mol. The summed E-state index contributed by atoms with van der Waals surface area (Å²) < 4.78 is 5.15. The third-order valence-electron chi connectivity index (χ3n) is 5.15. The van der Waals surface area contributed by atoms with Gasteiger partial charge in [0.1, 0.15) is 11.0 Å². The van der Waals surface area contributed by atoms with Crippen LogP contribution in [0.3, 0.4) is 0 Å². The highest BCUT2D eigenvalue weighted by molar-refractivity contribution is 8.00. The Bertz CT molecular complexity index is 1300. The quantitative estimate of drug-likeness (QED) is 0.253. The van der Waals surface area contributed by atoms with Gasteiger partial charge in [-0.05, 0) is 72.3 Å². The second-order valence-corrected chi connectivity index (χ2v) is 9.23. The van der Waals surface area contributed by atoms with Gasteiger partial charge in [0.2, 0.25) is 5.91 Å². The third-order valence-corrected chi connectivity index (χ3v) is 6.65. The van der Waals surface area contributed by atoms with E-state index in [9.17, 15) is 9.59 Å². The van der Waals surface area contributed by atoms with E-state index < -0.39 is 5.25 Å². The second kappa shape index (κ2) is 11.6. The van der Waals surface area contributed by atoms with Gasteiger partial charge in [-0.15, -0.1) is 11.8 Å². The molecular formula is C28H23ClN2O3S. The largest absolute Gasteiger partial charge is 0.497 e. The lowest BCUT2D eigenvalue weighted by molar-refractivity contribution is -0.115. The van der Waals surface area contributed by atoms with Gasteiger partial charge in [-0.2, -0.15) is 0 Å². The fraction of sp³-hybridized carbons (Fsp3) is 0.0714. The number of nitrogens with one attached hydrogen (secondary N) is 2. The van der Waals surface area contributed by atoms with Crippen molar-refractivity contribution in [3.8, 4) is 5.75 Å². The number of methoxy groups -OCH3 is 1. The Labute approximate surface area is 213 Å². The van der Waals surface area contributed by atoms with Crippen LogP contribution in [0, 0.1) is 0 Å². The van der Waals surface area contributed by atoms with Gasteiger partial charge in [0.05, 0.1) is 7.11 Å². The Hall–Kier alpha value is -3.74. The Morgan fingerprint density at radius 3 is 2.20 bits per heavy atom. The zero-order valence-corrected chi connectivity index (χ0v) is 20.5. The topological polar surface area (TPSA) is 67.4 Å². The molecule has 0 bridgehead atoms. The summed E-state index contributed by atoms with van der Waals surface area (Å²) in [5, 5.41) is 5.99. The van der Waals surface area contributed by atoms with Crippen molar-refractivity contribution >= 4 is 46.6 Å². The molecule has 4 rings (SSSR count). The van der Waals surface area contributed by atoms with Crippen molar-refractivity contribution in [2.45, 2.75) is 10.1 Å². The van der Waals surface area contributed by atoms with E-state index in [1.54, 1.807) is 55.6 Å². The molecule has 0 spiro atoms. The van der Waals surface area contributed by atoms with Gasteiger partial charge in [-0.3, -0.25) is 9.59 Å². The molecule has 0 radical (unpaired) electrons. The zero-order valence-electron chi connectivity index (χ0n) is 18.9. The maximum Gasteiger partial charge on any atom is 0.255 e. The summed E-state index contributed by atoms with van der Waals surface area (Å²) in [5.41, 5.74) is 2.70. The first-order valence-corrected chi connectivity index (χ1v) is 12.1. The van der Waals surface area contributed by atoms with Crippen LogP contribution in [0.5, 0.6) is 5.75 Å². The van der Waals surface area contributed by atoms with Gasteiger partial charge < -0.3 is 15.4 Å². The van der Waals surface area contributed by atoms with Crippen molar-refractivity contribution in [2.75, 3.05) is 17.7 Å². The number of hydrogen-bond donors (Lipinski definition) is 2. The molecule has 0 aliphatic rings. The first kappa shape index (κ1) is 24.4. The molecule has 0 aromatic heterocycles. The van der Waals surface area contributed by atoms with Gasteiger partial charge in [0.15, 0.2) is 0 Å². The van der Waals surface area contributed by atoms with Crippen LogP contribution in [-0.2, 0) is 4.79 Å². The van der Waals surface area contributed by atoms with Crippen LogP contribution >= 0.6 is 23.4 Å². The minimum absolute atomic E-state index is 0.156. The molecule has 1 atom stereocenters. The number of anilines is 2. The summed E-state index contributed by atoms with van der Waals surface area (Å²) in [6, 6.07) is 30.9. The van der Waals surface area contributed by atoms with Crippen molar-refractivity contribution in [3.05, 3.63) is 119 Å². The van der Waals surface area contributed by atoms with Gasteiger partial charge in [0, 0.05) is 26.9 Å². The van der Waals surface area contributed by atoms with E-state index >= 15 is 0 Å². The number of thioether (sulfide) groups is 1. The second-order valence-electron chi connectivity index (χ2n) is 7.62. The molecule has 2 N–H and O–H groups in total. The van der Waals surface area contributed by atoms with E-state index in [1.807, 2.05) is 54.6 Å². The summed E-state index contributed by atoms with van der Waals surface area (Å²) in [5.74, 6) is 0.301. The van der Waals surface area contributed by atoms with E-state index in [4.69, 9.17) is 16.3 Å². The summed E-state index contributed by atoms with van der Waals surface area (Å²) in [7, 11) is 1.58. The molecule has 0 aliphatic heterocycles. The summed E-state index contributed by atoms with van der Waals surface area (Å²) >= 11 is 7.37. The Morgan fingerprint density at radius 2 is 1.51 bits per heavy atom. The molecule has 0 saturated carbocycles. The minimum Gasteiger partial charge on any atom is -0.497 e. The van der Waals surface area contributed by atoms with Gasteiger partial charge in [-0.1, -0.05) is 48.0 Å². The lowest BCUT2D eigenvalue weighted by atomic mass is 10.1. The number of halogens is 1. The van der Waals surface area contributed by atoms with Crippen molar-refractivity contribution in [2.24, 2.45) is 0 Å². The minimum atomic E-state index is -0.501. The first-order valence-electron chi connectivity index (χ1n) is 10.9. The molecule has 1 unspecified atom stereocenters. The summed E-state index contributed by atoms with van der Waals surface area (Å²) in [4.78, 5) is 26.8. The standard InChI is InChI=1S/C28H23ClN2O3S/c1-34-24-16-10-20(11-17-24)27(32)31-23-8-5-9-25(18-23)35-26(19-6-3-2-4-7-19)28(33)30-22-14-12-21(29)13-15-22/h2-18,26H,1H3,(H,30,33)(H,31,32). The summed E-state index contributed by atoms with van der Waals surface area (Å²) in [6.07, 6.45) is 0. The molecule has 0 aliphatic carbocycles. The van der Waals surface area contributed by atoms with Crippen molar-refractivity contribution in [3.63, 3.8) is 0 Å². The van der Waals surface area contributed by atoms with Gasteiger partial charge in [0.25, 0.3) is 5.91 Å². The first-order chi connectivity index (χ1) is 17.0. The van der Waals surface area contributed by atoms with E-state index in [2.05, 4.69) is 10.6 Å². The van der Waals surface area contributed by atoms with Crippen LogP contribution in [-0.4, -0.2) is 18.9 Å². The Morgan fingerprint density at radius 1 is 0.800 bits per heavy atom. The lowest BCUT2D eigenvalue weighted by Gasteiger charge is -2.18. The molecule has 7 heteroatoms. The summed E-state index contributed by atoms with van der Waals surface area (Å²) in [6.45, 7) is 0. The molecule has 4 aromatic carbocycles. The lowest BCUT2D eigenvalue weighted by Crippen LogP contribution is -2.19. The number of rotatable bonds is 8. The molecule has 35 heavy (non-hydrogen) atoms. The highest BCUT2D eigenvalue weighted by Crippen LogP contribution is 2.37. The molecule has 4 aromatic rings. The van der Waals surface area contributed by atoms with Crippen molar-refractivity contribution < 1.29 is 14.3 Å². The number of carbonyl (C=O) groups is 2. The third kappa shape index (κ3) is 6.66. The average molecular weight is 503 g/mol. The van der Waals surface area contributed by atoms with Crippen molar-refractivity contribution in [1.82, 2.24) is 0 Å². The fourth-order valence-electron chi connectivity index (χ4n) is 3.37. The number of carbonyl (C=O) groups excluding carboxylic acids is 2. The molecular weight excluding hydrogens is 480 g/mol. The zero-order chi connectivity index (χ0) is 24.6. The van der Waals surface area contributed by atoms with E-state index in [0.717, 1.165) is 10.5 Å². The molecule has 5 nitrogen and oxygen atoms in total. The van der Waals surface area contributed by atoms with E-state index in [-0.39, 0.29) is 11.8 Å². The molecule has 2 amide bonds. The van der Waals surface area contributed by atoms with Crippen LogP contribution < -0.4 is 15.4 Å². The maximum atomic E-state index is 13.3. The Balaban J connectivity index is 1.51. The molecule has 0 fully saturated rings. The van der Waals surface area contributed by atoms with E-state index in [1.165, 1.54) is 11.8 Å². The fourth-order valence-corrected chi connectivity index (χ4v) is 4.58. The smallest absolute Gasteiger partial charge is 0.255 e. The number of ether oxygens (including phenoxy) is 1. The van der Waals surface area contributed by atoms with Crippen LogP contribution in [0.15, 0.2) is 108 Å². The SMILES string of the molecule is COc1ccc(C(=O)Nc2cccc(SC(C(=O)Nc3ccc(Cl)cc3)c3ccccc3)c2)cc1. The van der Waals surface area contributed by atoms with Gasteiger partial charge in [-0.25, -0.2) is 0 Å². The Kier molecular flexibility index (Phi) is 8.08. The normalized spacial score (nSPS) is 11.4. The van der Waals surface area contributed by atoms with Crippen LogP contribution in [0.2, 0.25) is 5.02 Å². The highest BCUT2D eigenvalue weighted by atomic mass is 35.5. The van der Waals surface area contributed by atoms with Crippen LogP contribution in [0.1, 0.15) is 21.2 Å². The number of hydrogen-bond acceptors (Lipinski definition) is 4. The average Bonchev–Trinajstić information content (AvgIpc) is 2.89. The predicted octanol–water partition coefficient (Wildman–Crippen LogP) is 7.07. The monoisotopic (exact) mass is 502 g/mol.